The molecule has 0 heterocycles. The van der Waals surface area contributed by atoms with Gasteiger partial charge in [-0.3, -0.25) is 4.79 Å². The smallest absolute Gasteiger partial charge is 0.223 e. The first kappa shape index (κ1) is 16.7. The Labute approximate surface area is 122 Å². The first-order valence-electron chi connectivity index (χ1n) is 7.67. The van der Waals surface area contributed by atoms with E-state index in [1.54, 1.807) is 0 Å². The van der Waals surface area contributed by atoms with Gasteiger partial charge >= 0.3 is 0 Å². The normalized spacial score (nSPS) is 12.2. The summed E-state index contributed by atoms with van der Waals surface area (Å²) >= 11 is 0. The quantitative estimate of drug-likeness (QED) is 0.681. The second-order valence-corrected chi connectivity index (χ2v) is 5.59. The average molecular weight is 276 g/mol. The Morgan fingerprint density at radius 3 is 2.70 bits per heavy atom. The fourth-order valence-corrected chi connectivity index (χ4v) is 2.29. The molecule has 0 radical (unpaired) electrons. The van der Waals surface area contributed by atoms with Gasteiger partial charge in [0.2, 0.25) is 5.91 Å². The number of carbonyl (C=O) groups excluding carboxylic acids is 1. The van der Waals surface area contributed by atoms with Crippen molar-refractivity contribution in [3.05, 3.63) is 35.4 Å². The molecule has 0 saturated carbocycles. The van der Waals surface area contributed by atoms with Gasteiger partial charge in [-0.1, -0.05) is 49.6 Å². The van der Waals surface area contributed by atoms with Gasteiger partial charge in [-0.25, -0.2) is 0 Å². The second-order valence-electron chi connectivity index (χ2n) is 5.59. The van der Waals surface area contributed by atoms with Crippen LogP contribution in [0.4, 0.5) is 0 Å². The van der Waals surface area contributed by atoms with Crippen LogP contribution in [-0.4, -0.2) is 19.0 Å². The summed E-state index contributed by atoms with van der Waals surface area (Å²) in [6.45, 7) is 5.61. The Morgan fingerprint density at radius 2 is 2.00 bits per heavy atom. The van der Waals surface area contributed by atoms with E-state index in [-0.39, 0.29) is 11.8 Å². The SMILES string of the molecule is Cc1cccc(CC(C)C(=O)NCCCCCCN)c1. The fraction of sp³-hybridized carbons (Fsp3) is 0.588. The Hall–Kier alpha value is -1.35. The molecule has 1 amide bonds. The van der Waals surface area contributed by atoms with Crippen LogP contribution in [0.2, 0.25) is 0 Å². The highest BCUT2D eigenvalue weighted by molar-refractivity contribution is 5.78. The molecule has 0 aromatic heterocycles. The molecule has 0 spiro atoms. The van der Waals surface area contributed by atoms with Gasteiger partial charge in [0.05, 0.1) is 0 Å². The number of benzene rings is 1. The number of amides is 1. The second kappa shape index (κ2) is 9.54. The Bertz CT molecular complexity index is 404. The molecule has 112 valence electrons. The lowest BCUT2D eigenvalue weighted by atomic mass is 9.99. The fourth-order valence-electron chi connectivity index (χ4n) is 2.29. The Balaban J connectivity index is 2.22. The first-order valence-corrected chi connectivity index (χ1v) is 7.67. The van der Waals surface area contributed by atoms with Crippen molar-refractivity contribution in [3.63, 3.8) is 0 Å². The van der Waals surface area contributed by atoms with Crippen molar-refractivity contribution >= 4 is 5.91 Å². The molecule has 1 rings (SSSR count). The van der Waals surface area contributed by atoms with Crippen LogP contribution in [0.15, 0.2) is 24.3 Å². The number of hydrogen-bond acceptors (Lipinski definition) is 2. The number of nitrogens with one attached hydrogen (secondary N) is 1. The largest absolute Gasteiger partial charge is 0.356 e. The molecule has 3 nitrogen and oxygen atoms in total. The van der Waals surface area contributed by atoms with Crippen molar-refractivity contribution in [2.75, 3.05) is 13.1 Å². The summed E-state index contributed by atoms with van der Waals surface area (Å²) in [4.78, 5) is 12.0. The van der Waals surface area contributed by atoms with E-state index in [4.69, 9.17) is 5.73 Å². The molecular weight excluding hydrogens is 248 g/mol. The number of rotatable bonds is 9. The number of aryl methyl sites for hydroxylation is 1. The lowest BCUT2D eigenvalue weighted by Gasteiger charge is -2.12. The van der Waals surface area contributed by atoms with Crippen molar-refractivity contribution in [1.82, 2.24) is 5.32 Å². The zero-order chi connectivity index (χ0) is 14.8. The van der Waals surface area contributed by atoms with Crippen LogP contribution in [-0.2, 0) is 11.2 Å². The summed E-state index contributed by atoms with van der Waals surface area (Å²) in [7, 11) is 0. The van der Waals surface area contributed by atoms with Crippen molar-refractivity contribution in [1.29, 1.82) is 0 Å². The van der Waals surface area contributed by atoms with E-state index in [2.05, 4.69) is 30.4 Å². The minimum atomic E-state index is 0.0286. The van der Waals surface area contributed by atoms with Crippen LogP contribution >= 0.6 is 0 Å². The zero-order valence-electron chi connectivity index (χ0n) is 12.8. The molecule has 0 saturated heterocycles. The highest BCUT2D eigenvalue weighted by Crippen LogP contribution is 2.10. The number of carbonyl (C=O) groups is 1. The first-order chi connectivity index (χ1) is 9.63. The third kappa shape index (κ3) is 6.71. The third-order valence-electron chi connectivity index (χ3n) is 3.50. The molecule has 0 fully saturated rings. The van der Waals surface area contributed by atoms with Crippen LogP contribution < -0.4 is 11.1 Å². The molecule has 0 aliphatic carbocycles. The van der Waals surface area contributed by atoms with E-state index in [9.17, 15) is 4.79 Å². The summed E-state index contributed by atoms with van der Waals surface area (Å²) in [5.41, 5.74) is 7.92. The van der Waals surface area contributed by atoms with Crippen molar-refractivity contribution in [3.8, 4) is 0 Å². The lowest BCUT2D eigenvalue weighted by Crippen LogP contribution is -2.31. The van der Waals surface area contributed by atoms with Gasteiger partial charge < -0.3 is 11.1 Å². The highest BCUT2D eigenvalue weighted by Gasteiger charge is 2.12. The topological polar surface area (TPSA) is 55.1 Å². The standard InChI is InChI=1S/C17H28N2O/c1-14-8-7-9-16(12-14)13-15(2)17(20)19-11-6-4-3-5-10-18/h7-9,12,15H,3-6,10-11,13,18H2,1-2H3,(H,19,20). The highest BCUT2D eigenvalue weighted by atomic mass is 16.1. The number of nitrogens with two attached hydrogens (primary N) is 1. The van der Waals surface area contributed by atoms with Crippen molar-refractivity contribution < 1.29 is 4.79 Å². The monoisotopic (exact) mass is 276 g/mol. The van der Waals surface area contributed by atoms with Gasteiger partial charge in [-0.15, -0.1) is 0 Å². The molecule has 0 aliphatic rings. The van der Waals surface area contributed by atoms with Gasteiger partial charge in [0, 0.05) is 12.5 Å². The maximum atomic E-state index is 12.0. The summed E-state index contributed by atoms with van der Waals surface area (Å²) in [6.07, 6.45) is 5.23. The summed E-state index contributed by atoms with van der Waals surface area (Å²) in [5, 5.41) is 3.02. The molecular formula is C17H28N2O. The predicted octanol–water partition coefficient (Wildman–Crippen LogP) is 2.81. The van der Waals surface area contributed by atoms with Gasteiger partial charge in [0.15, 0.2) is 0 Å². The van der Waals surface area contributed by atoms with E-state index in [0.29, 0.717) is 0 Å². The van der Waals surface area contributed by atoms with E-state index in [1.807, 2.05) is 13.0 Å². The molecule has 1 atom stereocenters. The van der Waals surface area contributed by atoms with Crippen molar-refractivity contribution in [2.45, 2.75) is 46.0 Å². The zero-order valence-corrected chi connectivity index (χ0v) is 12.8. The van der Waals surface area contributed by atoms with Gasteiger partial charge in [-0.2, -0.15) is 0 Å². The predicted molar refractivity (Wildman–Crippen MR) is 84.6 cm³/mol. The number of unbranched alkanes of at least 4 members (excludes halogenated alkanes) is 3. The average Bonchev–Trinajstić information content (AvgIpc) is 2.42. The van der Waals surface area contributed by atoms with Crippen LogP contribution in [0.3, 0.4) is 0 Å². The van der Waals surface area contributed by atoms with Gasteiger partial charge in [0.25, 0.3) is 0 Å². The molecule has 1 aromatic carbocycles. The minimum Gasteiger partial charge on any atom is -0.356 e. The lowest BCUT2D eigenvalue weighted by molar-refractivity contribution is -0.124. The van der Waals surface area contributed by atoms with E-state index >= 15 is 0 Å². The van der Waals surface area contributed by atoms with E-state index in [1.165, 1.54) is 11.1 Å². The molecule has 3 N–H and O–H groups in total. The maximum absolute atomic E-state index is 12.0. The van der Waals surface area contributed by atoms with Crippen LogP contribution in [0.25, 0.3) is 0 Å². The third-order valence-corrected chi connectivity index (χ3v) is 3.50. The molecule has 1 unspecified atom stereocenters. The van der Waals surface area contributed by atoms with Crippen LogP contribution in [0.5, 0.6) is 0 Å². The summed E-state index contributed by atoms with van der Waals surface area (Å²) in [5.74, 6) is 0.186. The van der Waals surface area contributed by atoms with E-state index < -0.39 is 0 Å². The van der Waals surface area contributed by atoms with Gasteiger partial charge in [0.1, 0.15) is 0 Å². The van der Waals surface area contributed by atoms with Crippen molar-refractivity contribution in [2.24, 2.45) is 11.7 Å². The van der Waals surface area contributed by atoms with Crippen LogP contribution in [0.1, 0.15) is 43.7 Å². The van der Waals surface area contributed by atoms with Crippen LogP contribution in [0, 0.1) is 12.8 Å². The summed E-state index contributed by atoms with van der Waals surface area (Å²) in [6, 6.07) is 8.36. The molecule has 1 aromatic rings. The number of hydrogen-bond donors (Lipinski definition) is 2. The molecule has 0 bridgehead atoms. The minimum absolute atomic E-state index is 0.0286. The maximum Gasteiger partial charge on any atom is 0.223 e. The Morgan fingerprint density at radius 1 is 1.25 bits per heavy atom. The molecule has 20 heavy (non-hydrogen) atoms. The molecule has 3 heteroatoms. The van der Waals surface area contributed by atoms with Gasteiger partial charge in [-0.05, 0) is 38.3 Å². The Kier molecular flexibility index (Phi) is 7.97. The molecule has 0 aliphatic heterocycles. The van der Waals surface area contributed by atoms with E-state index in [0.717, 1.165) is 45.2 Å². The summed E-state index contributed by atoms with van der Waals surface area (Å²) < 4.78 is 0.